The minimum atomic E-state index is -1.14. The highest BCUT2D eigenvalue weighted by Gasteiger charge is 2.22. The number of amides is 1. The standard InChI is InChI=1S/C15H18N4O5S/c1-18-13-8(7-10(25-13)14(22)23)12(21)19(15(18)24)6-5-17-11(20)9-3-2-4-16-9/h7,9,16H,2-6H2,1H3,(H,17,20)(H,22,23). The highest BCUT2D eigenvalue weighted by atomic mass is 32.1. The van der Waals surface area contributed by atoms with Gasteiger partial charge in [-0.15, -0.1) is 11.3 Å². The summed E-state index contributed by atoms with van der Waals surface area (Å²) < 4.78 is 2.28. The molecule has 1 fully saturated rings. The Bertz CT molecular complexity index is 951. The predicted molar refractivity (Wildman–Crippen MR) is 92.3 cm³/mol. The van der Waals surface area contributed by atoms with Crippen LogP contribution in [0.4, 0.5) is 0 Å². The monoisotopic (exact) mass is 366 g/mol. The molecule has 2 aromatic rings. The lowest BCUT2D eigenvalue weighted by Gasteiger charge is -2.12. The minimum Gasteiger partial charge on any atom is -0.477 e. The molecule has 0 aliphatic carbocycles. The van der Waals surface area contributed by atoms with Crippen molar-refractivity contribution in [1.29, 1.82) is 0 Å². The third-order valence-electron chi connectivity index (χ3n) is 4.23. The van der Waals surface area contributed by atoms with Crippen molar-refractivity contribution in [3.05, 3.63) is 31.8 Å². The van der Waals surface area contributed by atoms with Gasteiger partial charge in [-0.05, 0) is 25.5 Å². The van der Waals surface area contributed by atoms with Gasteiger partial charge in [0.2, 0.25) is 5.91 Å². The number of carbonyl (C=O) groups excluding carboxylic acids is 1. The number of carboxylic acid groups (broad SMARTS) is 1. The number of nitrogens with one attached hydrogen (secondary N) is 2. The molecular weight excluding hydrogens is 348 g/mol. The fraction of sp³-hybridized carbons (Fsp3) is 0.467. The van der Waals surface area contributed by atoms with E-state index in [1.807, 2.05) is 0 Å². The summed E-state index contributed by atoms with van der Waals surface area (Å²) in [5.74, 6) is -1.29. The lowest BCUT2D eigenvalue weighted by atomic mass is 10.2. The average Bonchev–Trinajstić information content (AvgIpc) is 3.25. The molecule has 3 N–H and O–H groups in total. The highest BCUT2D eigenvalue weighted by Crippen LogP contribution is 2.21. The van der Waals surface area contributed by atoms with Gasteiger partial charge in [-0.1, -0.05) is 0 Å². The number of carboxylic acids is 1. The Labute approximate surface area is 145 Å². The summed E-state index contributed by atoms with van der Waals surface area (Å²) in [6.45, 7) is 0.977. The maximum Gasteiger partial charge on any atom is 0.345 e. The van der Waals surface area contributed by atoms with E-state index in [4.69, 9.17) is 5.11 Å². The third kappa shape index (κ3) is 3.22. The Hall–Kier alpha value is -2.46. The summed E-state index contributed by atoms with van der Waals surface area (Å²) in [5.41, 5.74) is -1.08. The summed E-state index contributed by atoms with van der Waals surface area (Å²) in [6.07, 6.45) is 1.71. The van der Waals surface area contributed by atoms with Crippen LogP contribution < -0.4 is 21.9 Å². The van der Waals surface area contributed by atoms with E-state index in [0.29, 0.717) is 4.83 Å². The first-order chi connectivity index (χ1) is 11.9. The number of aromatic nitrogens is 2. The van der Waals surface area contributed by atoms with Gasteiger partial charge in [0, 0.05) is 20.1 Å². The number of aromatic carboxylic acids is 1. The number of aryl methyl sites for hydroxylation is 1. The fourth-order valence-corrected chi connectivity index (χ4v) is 3.85. The van der Waals surface area contributed by atoms with Crippen LogP contribution in [0.1, 0.15) is 22.5 Å². The first-order valence-corrected chi connectivity index (χ1v) is 8.69. The van der Waals surface area contributed by atoms with E-state index in [2.05, 4.69) is 10.6 Å². The number of hydrogen-bond acceptors (Lipinski definition) is 6. The van der Waals surface area contributed by atoms with E-state index in [1.165, 1.54) is 17.7 Å². The summed E-state index contributed by atoms with van der Waals surface area (Å²) in [6, 6.07) is 1.05. The number of fused-ring (bicyclic) bond motifs is 1. The molecule has 1 saturated heterocycles. The van der Waals surface area contributed by atoms with Crippen LogP contribution in [-0.2, 0) is 18.4 Å². The van der Waals surface area contributed by atoms with Gasteiger partial charge in [0.1, 0.15) is 9.71 Å². The van der Waals surface area contributed by atoms with Crippen molar-refractivity contribution in [2.45, 2.75) is 25.4 Å². The minimum absolute atomic E-state index is 0.000426. The second kappa shape index (κ2) is 6.81. The second-order valence-corrected chi connectivity index (χ2v) is 6.90. The Morgan fingerprint density at radius 1 is 1.44 bits per heavy atom. The van der Waals surface area contributed by atoms with Crippen LogP contribution in [-0.4, -0.2) is 45.2 Å². The molecule has 2 aromatic heterocycles. The molecule has 0 saturated carbocycles. The zero-order valence-electron chi connectivity index (χ0n) is 13.6. The van der Waals surface area contributed by atoms with E-state index in [-0.39, 0.29) is 35.3 Å². The summed E-state index contributed by atoms with van der Waals surface area (Å²) in [5, 5.41) is 15.1. The Morgan fingerprint density at radius 3 is 2.84 bits per heavy atom. The van der Waals surface area contributed by atoms with E-state index < -0.39 is 17.2 Å². The zero-order chi connectivity index (χ0) is 18.1. The number of thiophene rings is 1. The SMILES string of the molecule is Cn1c(=O)n(CCNC(=O)C2CCCN2)c(=O)c2cc(C(=O)O)sc21. The van der Waals surface area contributed by atoms with Gasteiger partial charge in [-0.3, -0.25) is 18.7 Å². The van der Waals surface area contributed by atoms with Crippen LogP contribution in [0, 0.1) is 0 Å². The van der Waals surface area contributed by atoms with Crippen LogP contribution in [0.5, 0.6) is 0 Å². The summed E-state index contributed by atoms with van der Waals surface area (Å²) in [4.78, 5) is 48.3. The van der Waals surface area contributed by atoms with Gasteiger partial charge in [0.15, 0.2) is 0 Å². The molecule has 1 atom stereocenters. The van der Waals surface area contributed by atoms with Crippen molar-refractivity contribution < 1.29 is 14.7 Å². The predicted octanol–water partition coefficient (Wildman–Crippen LogP) is -0.672. The van der Waals surface area contributed by atoms with Crippen LogP contribution in [0.2, 0.25) is 0 Å². The highest BCUT2D eigenvalue weighted by molar-refractivity contribution is 7.20. The number of hydrogen-bond donors (Lipinski definition) is 3. The van der Waals surface area contributed by atoms with Crippen LogP contribution >= 0.6 is 11.3 Å². The molecule has 0 radical (unpaired) electrons. The Kier molecular flexibility index (Phi) is 4.73. The first kappa shape index (κ1) is 17.4. The van der Waals surface area contributed by atoms with Crippen molar-refractivity contribution in [3.63, 3.8) is 0 Å². The molecule has 3 rings (SSSR count). The lowest BCUT2D eigenvalue weighted by Crippen LogP contribution is -2.44. The van der Waals surface area contributed by atoms with Crippen LogP contribution in [0.15, 0.2) is 15.7 Å². The molecule has 0 spiro atoms. The number of rotatable bonds is 5. The van der Waals surface area contributed by atoms with Crippen LogP contribution in [0.3, 0.4) is 0 Å². The van der Waals surface area contributed by atoms with E-state index in [9.17, 15) is 19.2 Å². The molecule has 25 heavy (non-hydrogen) atoms. The van der Waals surface area contributed by atoms with Crippen LogP contribution in [0.25, 0.3) is 10.2 Å². The first-order valence-electron chi connectivity index (χ1n) is 7.88. The van der Waals surface area contributed by atoms with Gasteiger partial charge in [-0.2, -0.15) is 0 Å². The molecule has 1 aliphatic heterocycles. The van der Waals surface area contributed by atoms with Crippen molar-refractivity contribution in [1.82, 2.24) is 19.8 Å². The molecule has 1 unspecified atom stereocenters. The van der Waals surface area contributed by atoms with E-state index >= 15 is 0 Å². The maximum absolute atomic E-state index is 12.5. The van der Waals surface area contributed by atoms with Crippen molar-refractivity contribution in [3.8, 4) is 0 Å². The van der Waals surface area contributed by atoms with E-state index in [1.54, 1.807) is 0 Å². The summed E-state index contributed by atoms with van der Waals surface area (Å²) in [7, 11) is 1.49. The molecule has 0 aromatic carbocycles. The van der Waals surface area contributed by atoms with Gasteiger partial charge in [-0.25, -0.2) is 9.59 Å². The van der Waals surface area contributed by atoms with Gasteiger partial charge in [0.25, 0.3) is 5.56 Å². The van der Waals surface area contributed by atoms with Gasteiger partial charge >= 0.3 is 11.7 Å². The molecule has 134 valence electrons. The lowest BCUT2D eigenvalue weighted by molar-refractivity contribution is -0.122. The fourth-order valence-electron chi connectivity index (χ4n) is 2.91. The summed E-state index contributed by atoms with van der Waals surface area (Å²) >= 11 is 0.887. The smallest absolute Gasteiger partial charge is 0.345 e. The third-order valence-corrected chi connectivity index (χ3v) is 5.43. The molecule has 0 bridgehead atoms. The van der Waals surface area contributed by atoms with Gasteiger partial charge in [0.05, 0.1) is 11.4 Å². The number of nitrogens with zero attached hydrogens (tertiary/aromatic N) is 2. The Morgan fingerprint density at radius 2 is 2.20 bits per heavy atom. The second-order valence-electron chi connectivity index (χ2n) is 5.87. The Balaban J connectivity index is 1.83. The molecule has 9 nitrogen and oxygen atoms in total. The van der Waals surface area contributed by atoms with Crippen molar-refractivity contribution in [2.75, 3.05) is 13.1 Å². The molecule has 1 amide bonds. The maximum atomic E-state index is 12.5. The molecule has 10 heteroatoms. The van der Waals surface area contributed by atoms with Crippen molar-refractivity contribution >= 4 is 33.4 Å². The topological polar surface area (TPSA) is 122 Å². The number of carbonyl (C=O) groups is 2. The molecule has 1 aliphatic rings. The molecular formula is C15H18N4O5S. The van der Waals surface area contributed by atoms with Gasteiger partial charge < -0.3 is 15.7 Å². The average molecular weight is 366 g/mol. The quantitative estimate of drug-likeness (QED) is 0.645. The normalized spacial score (nSPS) is 17.1. The zero-order valence-corrected chi connectivity index (χ0v) is 14.4. The largest absolute Gasteiger partial charge is 0.477 e. The van der Waals surface area contributed by atoms with Crippen molar-refractivity contribution in [2.24, 2.45) is 7.05 Å². The van der Waals surface area contributed by atoms with E-state index in [0.717, 1.165) is 35.3 Å². The molecule has 3 heterocycles.